The molecule has 1 amide bonds. The average Bonchev–Trinajstić information content (AvgIpc) is 3.26. The van der Waals surface area contributed by atoms with Crippen LogP contribution in [0, 0.1) is 5.92 Å². The second kappa shape index (κ2) is 8.77. The van der Waals surface area contributed by atoms with Crippen LogP contribution in [0.25, 0.3) is 11.0 Å². The van der Waals surface area contributed by atoms with Gasteiger partial charge in [0, 0.05) is 11.6 Å². The molecule has 2 atom stereocenters. The molecule has 0 saturated carbocycles. The zero-order valence-electron chi connectivity index (χ0n) is 17.2. The number of ketones is 1. The second-order valence-electron chi connectivity index (χ2n) is 7.15. The molecule has 160 valence electrons. The van der Waals surface area contributed by atoms with Crippen molar-refractivity contribution >= 4 is 56.0 Å². The molecular formula is C21H24BrN3O4S. The van der Waals surface area contributed by atoms with Crippen molar-refractivity contribution in [3.63, 3.8) is 0 Å². The zero-order chi connectivity index (χ0) is 22.1. The number of hydrogen-bond donors (Lipinski definition) is 3. The van der Waals surface area contributed by atoms with Crippen LogP contribution in [0.3, 0.4) is 0 Å². The van der Waals surface area contributed by atoms with E-state index in [0.29, 0.717) is 26.9 Å². The fourth-order valence-electron chi connectivity index (χ4n) is 2.94. The molecule has 0 saturated heterocycles. The van der Waals surface area contributed by atoms with Gasteiger partial charge in [-0.2, -0.15) is 0 Å². The molecule has 9 heteroatoms. The summed E-state index contributed by atoms with van der Waals surface area (Å²) < 4.78 is 11.6. The van der Waals surface area contributed by atoms with E-state index in [1.165, 1.54) is 17.8 Å². The van der Waals surface area contributed by atoms with Crippen LogP contribution in [0.2, 0.25) is 0 Å². The lowest BCUT2D eigenvalue weighted by atomic mass is 10.1. The number of allylic oxidation sites excluding steroid dienone is 2. The first-order chi connectivity index (χ1) is 14.2. The number of halogens is 1. The Bertz CT molecular complexity index is 1060. The number of nitrogens with two attached hydrogens (primary N) is 1. The van der Waals surface area contributed by atoms with E-state index >= 15 is 0 Å². The Morgan fingerprint density at radius 2 is 2.20 bits per heavy atom. The van der Waals surface area contributed by atoms with Crippen LogP contribution in [0.15, 0.2) is 44.3 Å². The first-order valence-electron chi connectivity index (χ1n) is 9.44. The Kier molecular flexibility index (Phi) is 6.52. The van der Waals surface area contributed by atoms with Crippen LogP contribution in [-0.2, 0) is 4.79 Å². The monoisotopic (exact) mass is 493 g/mol. The molecule has 7 nitrogen and oxygen atoms in total. The Balaban J connectivity index is 1.73. The molecule has 0 spiro atoms. The smallest absolute Gasteiger partial charge is 0.225 e. The van der Waals surface area contributed by atoms with Crippen LogP contribution >= 0.6 is 27.7 Å². The number of carbonyl (C=O) groups is 2. The summed E-state index contributed by atoms with van der Waals surface area (Å²) in [7, 11) is 1.55. The minimum absolute atomic E-state index is 0.0224. The second-order valence-corrected chi connectivity index (χ2v) is 9.23. The van der Waals surface area contributed by atoms with Crippen LogP contribution in [0.4, 0.5) is 5.69 Å². The van der Waals surface area contributed by atoms with Crippen molar-refractivity contribution in [2.75, 3.05) is 12.8 Å². The number of fused-ring (bicyclic) bond motifs is 1. The molecule has 4 N–H and O–H groups in total. The van der Waals surface area contributed by atoms with Gasteiger partial charge in [0.05, 0.1) is 22.7 Å². The molecule has 3 rings (SSSR count). The van der Waals surface area contributed by atoms with Crippen LogP contribution in [-0.4, -0.2) is 23.8 Å². The van der Waals surface area contributed by atoms with Gasteiger partial charge in [-0.25, -0.2) is 0 Å². The number of rotatable bonds is 7. The lowest BCUT2D eigenvalue weighted by molar-refractivity contribution is -0.125. The number of anilines is 1. The summed E-state index contributed by atoms with van der Waals surface area (Å²) >= 11 is 4.88. The number of methoxy groups -OCH3 is 1. The van der Waals surface area contributed by atoms with Gasteiger partial charge < -0.3 is 25.5 Å². The first-order valence-corrected chi connectivity index (χ1v) is 11.1. The molecule has 30 heavy (non-hydrogen) atoms. The molecule has 1 aromatic heterocycles. The van der Waals surface area contributed by atoms with Crippen molar-refractivity contribution in [2.45, 2.75) is 32.2 Å². The number of thioether (sulfide) groups is 1. The highest BCUT2D eigenvalue weighted by molar-refractivity contribution is 9.10. The van der Waals surface area contributed by atoms with E-state index in [2.05, 4.69) is 26.6 Å². The third kappa shape index (κ3) is 4.37. The van der Waals surface area contributed by atoms with E-state index in [9.17, 15) is 9.59 Å². The highest BCUT2D eigenvalue weighted by Gasteiger charge is 2.32. The number of benzene rings is 1. The van der Waals surface area contributed by atoms with E-state index in [0.717, 1.165) is 6.42 Å². The minimum atomic E-state index is -0.664. The highest BCUT2D eigenvalue weighted by atomic mass is 79.9. The number of ether oxygens (including phenoxy) is 1. The summed E-state index contributed by atoms with van der Waals surface area (Å²) in [5.74, 6) is 0.208. The largest absolute Gasteiger partial charge is 0.496 e. The molecule has 0 bridgehead atoms. The SMILES string of the molecule is CCC(C)C(=O)NC1(C)NC(/C=C/C(=O)c2oc3ccc(OC)c(Br)c3c2N)=CS1. The zero-order valence-corrected chi connectivity index (χ0v) is 19.6. The van der Waals surface area contributed by atoms with E-state index in [1.807, 2.05) is 26.2 Å². The Morgan fingerprint density at radius 1 is 1.47 bits per heavy atom. The van der Waals surface area contributed by atoms with E-state index in [-0.39, 0.29) is 29.1 Å². The van der Waals surface area contributed by atoms with Crippen molar-refractivity contribution in [1.82, 2.24) is 10.6 Å². The number of nitrogens with one attached hydrogen (secondary N) is 2. The quantitative estimate of drug-likeness (QED) is 0.383. The number of furan rings is 1. The van der Waals surface area contributed by atoms with Gasteiger partial charge in [0.2, 0.25) is 11.7 Å². The standard InChI is InChI=1S/C21H24BrN3O4S/c1-5-11(2)20(27)25-21(3)24-12(10-30-21)6-7-13(26)19-18(23)16-14(29-19)8-9-15(28-4)17(16)22/h6-11,24H,5,23H2,1-4H3,(H,25,27)/b7-6+. The fraction of sp³-hybridized carbons (Fsp3) is 0.333. The van der Waals surface area contributed by atoms with Gasteiger partial charge in [-0.15, -0.1) is 0 Å². The van der Waals surface area contributed by atoms with Crippen LogP contribution < -0.4 is 21.1 Å². The predicted octanol–water partition coefficient (Wildman–Crippen LogP) is 4.54. The van der Waals surface area contributed by atoms with Gasteiger partial charge in [-0.1, -0.05) is 25.6 Å². The number of amides is 1. The van der Waals surface area contributed by atoms with Crippen molar-refractivity contribution in [3.05, 3.63) is 45.6 Å². The molecule has 2 unspecified atom stereocenters. The van der Waals surface area contributed by atoms with E-state index < -0.39 is 4.99 Å². The lowest BCUT2D eigenvalue weighted by Crippen LogP contribution is -2.52. The van der Waals surface area contributed by atoms with Gasteiger partial charge >= 0.3 is 0 Å². The van der Waals surface area contributed by atoms with Gasteiger partial charge in [0.25, 0.3) is 0 Å². The summed E-state index contributed by atoms with van der Waals surface area (Å²) in [5.41, 5.74) is 7.62. The maximum atomic E-state index is 12.7. The Labute approximate surface area is 187 Å². The molecule has 1 aromatic carbocycles. The fourth-order valence-corrected chi connectivity index (χ4v) is 4.48. The Morgan fingerprint density at radius 3 is 2.87 bits per heavy atom. The van der Waals surface area contributed by atoms with Gasteiger partial charge in [-0.3, -0.25) is 9.59 Å². The number of carbonyl (C=O) groups excluding carboxylic acids is 2. The summed E-state index contributed by atoms with van der Waals surface area (Å²) in [6.07, 6.45) is 3.79. The summed E-state index contributed by atoms with van der Waals surface area (Å²) in [4.78, 5) is 24.2. The third-order valence-corrected chi connectivity index (χ3v) is 6.71. The number of nitrogen functional groups attached to an aromatic ring is 1. The van der Waals surface area contributed by atoms with Gasteiger partial charge in [0.1, 0.15) is 11.3 Å². The molecule has 2 heterocycles. The van der Waals surface area contributed by atoms with Gasteiger partial charge in [0.15, 0.2) is 10.8 Å². The average molecular weight is 494 g/mol. The predicted molar refractivity (Wildman–Crippen MR) is 123 cm³/mol. The van der Waals surface area contributed by atoms with Crippen molar-refractivity contribution in [3.8, 4) is 5.75 Å². The lowest BCUT2D eigenvalue weighted by Gasteiger charge is -2.27. The highest BCUT2D eigenvalue weighted by Crippen LogP contribution is 2.40. The minimum Gasteiger partial charge on any atom is -0.496 e. The van der Waals surface area contributed by atoms with Gasteiger partial charge in [-0.05, 0) is 59.0 Å². The van der Waals surface area contributed by atoms with Crippen LogP contribution in [0.5, 0.6) is 5.75 Å². The van der Waals surface area contributed by atoms with E-state index in [1.54, 1.807) is 25.3 Å². The summed E-state index contributed by atoms with van der Waals surface area (Å²) in [5, 5.41) is 8.65. The molecule has 0 radical (unpaired) electrons. The first kappa shape index (κ1) is 22.3. The van der Waals surface area contributed by atoms with Crippen molar-refractivity contribution < 1.29 is 18.7 Å². The normalized spacial score (nSPS) is 19.6. The molecule has 0 fully saturated rings. The summed E-state index contributed by atoms with van der Waals surface area (Å²) in [6, 6.07) is 3.44. The molecule has 0 aliphatic carbocycles. The van der Waals surface area contributed by atoms with Crippen molar-refractivity contribution in [1.29, 1.82) is 0 Å². The molecule has 1 aliphatic heterocycles. The maximum absolute atomic E-state index is 12.7. The Hall–Kier alpha value is -2.39. The molecule has 1 aliphatic rings. The van der Waals surface area contributed by atoms with Crippen molar-refractivity contribution in [2.24, 2.45) is 5.92 Å². The summed E-state index contributed by atoms with van der Waals surface area (Å²) in [6.45, 7) is 5.73. The maximum Gasteiger partial charge on any atom is 0.225 e. The van der Waals surface area contributed by atoms with Crippen LogP contribution in [0.1, 0.15) is 37.7 Å². The topological polar surface area (TPSA) is 107 Å². The van der Waals surface area contributed by atoms with E-state index in [4.69, 9.17) is 14.9 Å². The number of hydrogen-bond acceptors (Lipinski definition) is 7. The molecular weight excluding hydrogens is 470 g/mol. The molecule has 2 aromatic rings. The third-order valence-electron chi connectivity index (χ3n) is 4.88.